The van der Waals surface area contributed by atoms with E-state index in [4.69, 9.17) is 10.5 Å². The molecule has 1 aliphatic heterocycles. The minimum absolute atomic E-state index is 0.0239. The molecular weight excluding hydrogens is 288 g/mol. The molecule has 1 atom stereocenters. The van der Waals surface area contributed by atoms with Gasteiger partial charge in [-0.15, -0.1) is 0 Å². The van der Waals surface area contributed by atoms with Gasteiger partial charge in [-0.05, 0) is 38.5 Å². The van der Waals surface area contributed by atoms with Crippen LogP contribution in [-0.2, 0) is 14.6 Å². The van der Waals surface area contributed by atoms with Gasteiger partial charge >= 0.3 is 0 Å². The fourth-order valence-electron chi connectivity index (χ4n) is 2.56. The smallest absolute Gasteiger partial charge is 0.183 e. The van der Waals surface area contributed by atoms with Crippen molar-refractivity contribution < 1.29 is 13.2 Å². The molecule has 0 radical (unpaired) electrons. The summed E-state index contributed by atoms with van der Waals surface area (Å²) in [6, 6.07) is 5.48. The lowest BCUT2D eigenvalue weighted by Crippen LogP contribution is -2.48. The molecule has 0 bridgehead atoms. The SMILES string of the molecule is Cc1ccc(N)c(S(=O)(=O)CC2CN(C(C)C)CCO2)c1. The van der Waals surface area contributed by atoms with Gasteiger partial charge in [0.1, 0.15) is 0 Å². The van der Waals surface area contributed by atoms with Crippen LogP contribution in [0, 0.1) is 6.92 Å². The zero-order valence-electron chi connectivity index (χ0n) is 12.9. The van der Waals surface area contributed by atoms with Crippen LogP contribution in [0.15, 0.2) is 23.1 Å². The second-order valence-corrected chi connectivity index (χ2v) is 7.91. The highest BCUT2D eigenvalue weighted by molar-refractivity contribution is 7.91. The van der Waals surface area contributed by atoms with Crippen LogP contribution in [0.25, 0.3) is 0 Å². The molecule has 1 fully saturated rings. The molecular formula is C15H24N2O3S. The second kappa shape index (κ2) is 6.34. The maximum Gasteiger partial charge on any atom is 0.183 e. The summed E-state index contributed by atoms with van der Waals surface area (Å²) in [5, 5.41) is 0. The van der Waals surface area contributed by atoms with Crippen molar-refractivity contribution >= 4 is 15.5 Å². The van der Waals surface area contributed by atoms with Gasteiger partial charge < -0.3 is 10.5 Å². The molecule has 2 N–H and O–H groups in total. The Morgan fingerprint density at radius 1 is 1.43 bits per heavy atom. The van der Waals surface area contributed by atoms with Gasteiger partial charge in [0, 0.05) is 19.1 Å². The number of nitrogen functional groups attached to an aromatic ring is 1. The lowest BCUT2D eigenvalue weighted by Gasteiger charge is -2.35. The first-order valence-electron chi connectivity index (χ1n) is 7.24. The highest BCUT2D eigenvalue weighted by Crippen LogP contribution is 2.23. The molecule has 1 aromatic rings. The summed E-state index contributed by atoms with van der Waals surface area (Å²) in [5.41, 5.74) is 7.01. The number of sulfone groups is 1. The van der Waals surface area contributed by atoms with E-state index in [9.17, 15) is 8.42 Å². The van der Waals surface area contributed by atoms with E-state index >= 15 is 0 Å². The molecule has 6 heteroatoms. The molecule has 5 nitrogen and oxygen atoms in total. The number of nitrogens with two attached hydrogens (primary N) is 1. The summed E-state index contributed by atoms with van der Waals surface area (Å²) < 4.78 is 30.8. The van der Waals surface area contributed by atoms with E-state index < -0.39 is 9.84 Å². The van der Waals surface area contributed by atoms with Crippen molar-refractivity contribution in [2.45, 2.75) is 37.8 Å². The Balaban J connectivity index is 2.15. The molecule has 1 unspecified atom stereocenters. The van der Waals surface area contributed by atoms with E-state index in [0.717, 1.165) is 12.1 Å². The van der Waals surface area contributed by atoms with Gasteiger partial charge in [0.05, 0.1) is 29.0 Å². The quantitative estimate of drug-likeness (QED) is 0.852. The van der Waals surface area contributed by atoms with E-state index in [0.29, 0.717) is 24.9 Å². The number of aryl methyl sites for hydroxylation is 1. The number of ether oxygens (including phenoxy) is 1. The summed E-state index contributed by atoms with van der Waals surface area (Å²) in [5.74, 6) is -0.0239. The summed E-state index contributed by atoms with van der Waals surface area (Å²) in [6.07, 6.45) is -0.300. The second-order valence-electron chi connectivity index (χ2n) is 5.90. The molecule has 1 saturated heterocycles. The standard InChI is InChI=1S/C15H24N2O3S/c1-11(2)17-6-7-20-13(9-17)10-21(18,19)15-8-12(3)4-5-14(15)16/h4-5,8,11,13H,6-7,9-10,16H2,1-3H3. The van der Waals surface area contributed by atoms with E-state index in [-0.39, 0.29) is 16.8 Å². The normalized spacial score (nSPS) is 20.9. The van der Waals surface area contributed by atoms with Crippen molar-refractivity contribution in [1.29, 1.82) is 0 Å². The average Bonchev–Trinajstić information content (AvgIpc) is 2.41. The van der Waals surface area contributed by atoms with Crippen molar-refractivity contribution in [2.75, 3.05) is 31.2 Å². The minimum atomic E-state index is -3.44. The van der Waals surface area contributed by atoms with Crippen LogP contribution in [0.4, 0.5) is 5.69 Å². The van der Waals surface area contributed by atoms with Crippen molar-refractivity contribution in [2.24, 2.45) is 0 Å². The van der Waals surface area contributed by atoms with Crippen LogP contribution in [0.5, 0.6) is 0 Å². The van der Waals surface area contributed by atoms with Crippen molar-refractivity contribution in [3.63, 3.8) is 0 Å². The average molecular weight is 312 g/mol. The number of anilines is 1. The number of nitrogens with zero attached hydrogens (tertiary/aromatic N) is 1. The topological polar surface area (TPSA) is 72.6 Å². The van der Waals surface area contributed by atoms with Crippen LogP contribution in [0.1, 0.15) is 19.4 Å². The predicted octanol–water partition coefficient (Wildman–Crippen LogP) is 1.46. The number of morpholine rings is 1. The molecule has 2 rings (SSSR count). The Labute approximate surface area is 127 Å². The monoisotopic (exact) mass is 312 g/mol. The molecule has 0 amide bonds. The molecule has 1 heterocycles. The highest BCUT2D eigenvalue weighted by Gasteiger charge is 2.28. The van der Waals surface area contributed by atoms with E-state index in [1.54, 1.807) is 12.1 Å². The predicted molar refractivity (Wildman–Crippen MR) is 84.1 cm³/mol. The summed E-state index contributed by atoms with van der Waals surface area (Å²) in [4.78, 5) is 2.45. The summed E-state index contributed by atoms with van der Waals surface area (Å²) in [6.45, 7) is 8.13. The lowest BCUT2D eigenvalue weighted by molar-refractivity contribution is -0.0272. The van der Waals surface area contributed by atoms with Gasteiger partial charge in [0.25, 0.3) is 0 Å². The molecule has 21 heavy (non-hydrogen) atoms. The fraction of sp³-hybridized carbons (Fsp3) is 0.600. The molecule has 1 aliphatic rings. The van der Waals surface area contributed by atoms with Crippen LogP contribution >= 0.6 is 0 Å². The Morgan fingerprint density at radius 2 is 2.14 bits per heavy atom. The van der Waals surface area contributed by atoms with Gasteiger partial charge in [-0.3, -0.25) is 4.90 Å². The van der Waals surface area contributed by atoms with Crippen molar-refractivity contribution in [1.82, 2.24) is 4.90 Å². The first kappa shape index (κ1) is 16.3. The van der Waals surface area contributed by atoms with Gasteiger partial charge in [-0.2, -0.15) is 0 Å². The first-order chi connectivity index (χ1) is 9.79. The van der Waals surface area contributed by atoms with Gasteiger partial charge in [-0.25, -0.2) is 8.42 Å². The Bertz CT molecular complexity index is 599. The first-order valence-corrected chi connectivity index (χ1v) is 8.89. The summed E-state index contributed by atoms with van der Waals surface area (Å²) >= 11 is 0. The Kier molecular flexibility index (Phi) is 4.91. The largest absolute Gasteiger partial charge is 0.398 e. The lowest BCUT2D eigenvalue weighted by atomic mass is 10.2. The van der Waals surface area contributed by atoms with E-state index in [2.05, 4.69) is 18.7 Å². The molecule has 0 spiro atoms. The number of benzene rings is 1. The molecule has 0 aromatic heterocycles. The number of hydrogen-bond acceptors (Lipinski definition) is 5. The number of rotatable bonds is 4. The third-order valence-electron chi connectivity index (χ3n) is 3.81. The van der Waals surface area contributed by atoms with Crippen LogP contribution in [0.2, 0.25) is 0 Å². The fourth-order valence-corrected chi connectivity index (χ4v) is 4.22. The van der Waals surface area contributed by atoms with Crippen LogP contribution in [0.3, 0.4) is 0 Å². The van der Waals surface area contributed by atoms with E-state index in [1.807, 2.05) is 13.0 Å². The van der Waals surface area contributed by atoms with Crippen molar-refractivity contribution in [3.05, 3.63) is 23.8 Å². The van der Waals surface area contributed by atoms with E-state index in [1.165, 1.54) is 0 Å². The van der Waals surface area contributed by atoms with Gasteiger partial charge in [-0.1, -0.05) is 6.07 Å². The maximum atomic E-state index is 12.6. The summed E-state index contributed by atoms with van der Waals surface area (Å²) in [7, 11) is -3.44. The maximum absolute atomic E-state index is 12.6. The molecule has 1 aromatic carbocycles. The molecule has 0 saturated carbocycles. The molecule has 0 aliphatic carbocycles. The van der Waals surface area contributed by atoms with Crippen LogP contribution in [-0.4, -0.2) is 50.9 Å². The Hall–Kier alpha value is -1.11. The van der Waals surface area contributed by atoms with Crippen molar-refractivity contribution in [3.8, 4) is 0 Å². The third kappa shape index (κ3) is 3.96. The Morgan fingerprint density at radius 3 is 2.81 bits per heavy atom. The number of hydrogen-bond donors (Lipinski definition) is 1. The third-order valence-corrected chi connectivity index (χ3v) is 5.64. The zero-order chi connectivity index (χ0) is 15.6. The van der Waals surface area contributed by atoms with Gasteiger partial charge in [0.2, 0.25) is 0 Å². The molecule has 118 valence electrons. The zero-order valence-corrected chi connectivity index (χ0v) is 13.7. The minimum Gasteiger partial charge on any atom is -0.398 e. The highest BCUT2D eigenvalue weighted by atomic mass is 32.2. The van der Waals surface area contributed by atoms with Crippen LogP contribution < -0.4 is 5.73 Å². The van der Waals surface area contributed by atoms with Gasteiger partial charge in [0.15, 0.2) is 9.84 Å².